The lowest BCUT2D eigenvalue weighted by atomic mass is 9.50. The Morgan fingerprint density at radius 3 is 2.15 bits per heavy atom. The van der Waals surface area contributed by atoms with Crippen molar-refractivity contribution in [3.63, 3.8) is 0 Å². The van der Waals surface area contributed by atoms with Crippen LogP contribution in [0.1, 0.15) is 107 Å². The van der Waals surface area contributed by atoms with Crippen LogP contribution in [0.15, 0.2) is 24.3 Å². The third-order valence-electron chi connectivity index (χ3n) is 8.54. The third-order valence-corrected chi connectivity index (χ3v) is 8.54. The second-order valence-corrected chi connectivity index (χ2v) is 10.4. The van der Waals surface area contributed by atoms with E-state index < -0.39 is 0 Å². The smallest absolute Gasteiger partial charge is 0.00907 e. The average molecular weight is 375 g/mol. The number of fused-ring (bicyclic) bond motifs is 1. The van der Waals surface area contributed by atoms with Gasteiger partial charge >= 0.3 is 0 Å². The summed E-state index contributed by atoms with van der Waals surface area (Å²) in [6, 6.07) is 0. The van der Waals surface area contributed by atoms with Crippen LogP contribution in [0.5, 0.6) is 0 Å². The van der Waals surface area contributed by atoms with Crippen molar-refractivity contribution in [1.82, 2.24) is 0 Å². The van der Waals surface area contributed by atoms with E-state index in [1.54, 1.807) is 0 Å². The highest BCUT2D eigenvalue weighted by atomic mass is 14.6. The summed E-state index contributed by atoms with van der Waals surface area (Å²) in [5.41, 5.74) is 3.67. The first kappa shape index (κ1) is 24.5. The van der Waals surface area contributed by atoms with Crippen LogP contribution in [-0.4, -0.2) is 0 Å². The van der Waals surface area contributed by atoms with Gasteiger partial charge < -0.3 is 0 Å². The zero-order valence-corrected chi connectivity index (χ0v) is 20.3. The molecule has 2 fully saturated rings. The summed E-state index contributed by atoms with van der Waals surface area (Å²) >= 11 is 0. The lowest BCUT2D eigenvalue weighted by molar-refractivity contribution is -0.0278. The van der Waals surface area contributed by atoms with Crippen molar-refractivity contribution in [3.05, 3.63) is 24.3 Å². The van der Waals surface area contributed by atoms with E-state index in [0.29, 0.717) is 10.8 Å². The molecule has 0 bridgehead atoms. The predicted octanol–water partition coefficient (Wildman–Crippen LogP) is 9.08. The van der Waals surface area contributed by atoms with Gasteiger partial charge in [0.1, 0.15) is 0 Å². The van der Waals surface area contributed by atoms with E-state index >= 15 is 0 Å². The molecule has 2 aliphatic rings. The molecule has 0 aromatic rings. The maximum atomic E-state index is 4.48. The van der Waals surface area contributed by atoms with Gasteiger partial charge in [0.2, 0.25) is 0 Å². The first-order valence-corrected chi connectivity index (χ1v) is 11.9. The van der Waals surface area contributed by atoms with Gasteiger partial charge in [-0.25, -0.2) is 0 Å². The van der Waals surface area contributed by atoms with E-state index in [4.69, 9.17) is 0 Å². The molecule has 6 atom stereocenters. The molecule has 0 aromatic heterocycles. The van der Waals surface area contributed by atoms with E-state index in [1.165, 1.54) is 56.1 Å². The topological polar surface area (TPSA) is 0 Å². The zero-order valence-electron chi connectivity index (χ0n) is 20.3. The van der Waals surface area contributed by atoms with Crippen molar-refractivity contribution in [2.24, 2.45) is 40.4 Å². The molecule has 0 amide bonds. The van der Waals surface area contributed by atoms with Crippen LogP contribution in [0.25, 0.3) is 0 Å². The van der Waals surface area contributed by atoms with Crippen molar-refractivity contribution >= 4 is 0 Å². The third kappa shape index (κ3) is 4.73. The van der Waals surface area contributed by atoms with Crippen LogP contribution in [-0.2, 0) is 0 Å². The van der Waals surface area contributed by atoms with E-state index in [0.717, 1.165) is 29.6 Å². The first-order valence-electron chi connectivity index (χ1n) is 11.9. The van der Waals surface area contributed by atoms with Gasteiger partial charge in [0.25, 0.3) is 0 Å². The Morgan fingerprint density at radius 2 is 1.70 bits per heavy atom. The SMILES string of the molecule is C=C(C)C1CCC2C(CC)C(C(C)(CCC(C)C)C(=C)C)CCC12C.CC. The summed E-state index contributed by atoms with van der Waals surface area (Å²) in [5, 5.41) is 0. The lowest BCUT2D eigenvalue weighted by Crippen LogP contribution is -2.47. The molecule has 158 valence electrons. The van der Waals surface area contributed by atoms with Crippen molar-refractivity contribution in [1.29, 1.82) is 0 Å². The van der Waals surface area contributed by atoms with E-state index in [1.807, 2.05) is 13.8 Å². The van der Waals surface area contributed by atoms with Crippen LogP contribution in [0.3, 0.4) is 0 Å². The van der Waals surface area contributed by atoms with Gasteiger partial charge in [-0.3, -0.25) is 0 Å². The van der Waals surface area contributed by atoms with E-state index in [2.05, 4.69) is 61.6 Å². The molecular formula is C27H50. The molecule has 0 radical (unpaired) electrons. The fourth-order valence-electron chi connectivity index (χ4n) is 6.76. The molecule has 27 heavy (non-hydrogen) atoms. The maximum Gasteiger partial charge on any atom is -0.00907 e. The Kier molecular flexibility index (Phi) is 8.90. The number of allylic oxidation sites excluding steroid dienone is 2. The highest BCUT2D eigenvalue weighted by molar-refractivity contribution is 5.16. The van der Waals surface area contributed by atoms with Gasteiger partial charge in [-0.2, -0.15) is 0 Å². The standard InChI is InChI=1S/C25H44.C2H6/c1-10-20-22-12-11-21(18(4)5)25(22,9)16-14-23(20)24(8,19(6)7)15-13-17(2)3;1-2/h17,20-23H,4,6,10-16H2,1-3,5,7-9H3;1-2H3. The quantitative estimate of drug-likeness (QED) is 0.390. The second kappa shape index (κ2) is 9.80. The van der Waals surface area contributed by atoms with Crippen LogP contribution < -0.4 is 0 Å². The number of hydrogen-bond acceptors (Lipinski definition) is 0. The van der Waals surface area contributed by atoms with E-state index in [9.17, 15) is 0 Å². The fourth-order valence-corrected chi connectivity index (χ4v) is 6.76. The van der Waals surface area contributed by atoms with Crippen molar-refractivity contribution in [2.45, 2.75) is 107 Å². The average Bonchev–Trinajstić information content (AvgIpc) is 2.97. The van der Waals surface area contributed by atoms with Crippen LogP contribution >= 0.6 is 0 Å². The lowest BCUT2D eigenvalue weighted by Gasteiger charge is -2.54. The summed E-state index contributed by atoms with van der Waals surface area (Å²) in [5.74, 6) is 4.09. The fraction of sp³-hybridized carbons (Fsp3) is 0.852. The van der Waals surface area contributed by atoms with Gasteiger partial charge in [0, 0.05) is 0 Å². The normalized spacial score (nSPS) is 35.0. The van der Waals surface area contributed by atoms with Crippen LogP contribution in [0.4, 0.5) is 0 Å². The Bertz CT molecular complexity index is 498. The summed E-state index contributed by atoms with van der Waals surface area (Å²) in [7, 11) is 0. The molecule has 0 spiro atoms. The molecular weight excluding hydrogens is 324 g/mol. The minimum Gasteiger partial charge on any atom is -0.0998 e. The molecule has 2 aliphatic carbocycles. The molecule has 0 heterocycles. The van der Waals surface area contributed by atoms with Gasteiger partial charge in [-0.05, 0) is 86.4 Å². The van der Waals surface area contributed by atoms with Gasteiger partial charge in [-0.15, -0.1) is 0 Å². The van der Waals surface area contributed by atoms with Gasteiger partial charge in [0.15, 0.2) is 0 Å². The summed E-state index contributed by atoms with van der Waals surface area (Å²) in [6.07, 6.45) is 9.53. The highest BCUT2D eigenvalue weighted by Crippen LogP contribution is 2.64. The largest absolute Gasteiger partial charge is 0.0998 e. The highest BCUT2D eigenvalue weighted by Gasteiger charge is 2.56. The van der Waals surface area contributed by atoms with Crippen LogP contribution in [0, 0.1) is 40.4 Å². The maximum absolute atomic E-state index is 4.48. The van der Waals surface area contributed by atoms with E-state index in [-0.39, 0.29) is 0 Å². The van der Waals surface area contributed by atoms with Crippen molar-refractivity contribution in [2.75, 3.05) is 0 Å². The first-order chi connectivity index (χ1) is 12.6. The Morgan fingerprint density at radius 1 is 1.11 bits per heavy atom. The zero-order chi connectivity index (χ0) is 21.0. The minimum atomic E-state index is 0.313. The number of rotatable bonds is 7. The number of hydrogen-bond donors (Lipinski definition) is 0. The summed E-state index contributed by atoms with van der Waals surface area (Å²) < 4.78 is 0. The Hall–Kier alpha value is -0.520. The van der Waals surface area contributed by atoms with Crippen molar-refractivity contribution in [3.8, 4) is 0 Å². The van der Waals surface area contributed by atoms with Gasteiger partial charge in [0.05, 0.1) is 0 Å². The molecule has 2 saturated carbocycles. The molecule has 0 heteroatoms. The summed E-state index contributed by atoms with van der Waals surface area (Å²) in [6.45, 7) is 29.7. The molecule has 0 N–H and O–H groups in total. The second-order valence-electron chi connectivity index (χ2n) is 10.4. The summed E-state index contributed by atoms with van der Waals surface area (Å²) in [4.78, 5) is 0. The van der Waals surface area contributed by atoms with Crippen LogP contribution in [0.2, 0.25) is 0 Å². The molecule has 0 nitrogen and oxygen atoms in total. The molecule has 0 aliphatic heterocycles. The Labute approximate surface area is 172 Å². The molecule has 0 saturated heterocycles. The Balaban J connectivity index is 0.00000176. The molecule has 2 rings (SSSR count). The molecule has 0 aromatic carbocycles. The predicted molar refractivity (Wildman–Crippen MR) is 124 cm³/mol. The van der Waals surface area contributed by atoms with Gasteiger partial charge in [-0.1, -0.05) is 85.6 Å². The minimum absolute atomic E-state index is 0.313. The monoisotopic (exact) mass is 374 g/mol. The molecule has 6 unspecified atom stereocenters. The van der Waals surface area contributed by atoms with Crippen molar-refractivity contribution < 1.29 is 0 Å².